The van der Waals surface area contributed by atoms with E-state index in [4.69, 9.17) is 33.2 Å². The minimum atomic E-state index is -1.21. The normalized spacial score (nSPS) is 44.9. The van der Waals surface area contributed by atoms with Crippen LogP contribution in [0.15, 0.2) is 23.8 Å². The van der Waals surface area contributed by atoms with Gasteiger partial charge in [0.25, 0.3) is 0 Å². The van der Waals surface area contributed by atoms with Crippen LogP contribution in [0.25, 0.3) is 0 Å². The first-order valence-corrected chi connectivity index (χ1v) is 18.6. The van der Waals surface area contributed by atoms with Gasteiger partial charge in [-0.15, -0.1) is 0 Å². The van der Waals surface area contributed by atoms with E-state index in [0.717, 1.165) is 5.57 Å². The number of allylic oxidation sites excluding steroid dienone is 3. The van der Waals surface area contributed by atoms with Gasteiger partial charge in [0.2, 0.25) is 0 Å². The van der Waals surface area contributed by atoms with Gasteiger partial charge in [0, 0.05) is 32.0 Å². The van der Waals surface area contributed by atoms with E-state index in [1.54, 1.807) is 45.8 Å². The average Bonchev–Trinajstić information content (AvgIpc) is 3.09. The second kappa shape index (κ2) is 20.2. The van der Waals surface area contributed by atoms with Crippen LogP contribution in [0, 0.1) is 23.7 Å². The summed E-state index contributed by atoms with van der Waals surface area (Å²) in [6.45, 7) is 12.7. The van der Waals surface area contributed by atoms with Crippen LogP contribution >= 0.6 is 0 Å². The molecule has 10 unspecified atom stereocenters. The van der Waals surface area contributed by atoms with Crippen LogP contribution < -0.4 is 0 Å². The zero-order chi connectivity index (χ0) is 39.0. The van der Waals surface area contributed by atoms with Crippen molar-refractivity contribution in [1.29, 1.82) is 0 Å². The molecule has 0 bridgehead atoms. The predicted octanol–water partition coefficient (Wildman–Crippen LogP) is 1.99. The smallest absolute Gasteiger partial charge is 0.308 e. The second-order valence-corrected chi connectivity index (χ2v) is 15.2. The Bertz CT molecular complexity index is 1200. The predicted molar refractivity (Wildman–Crippen MR) is 191 cm³/mol. The molecule has 2 fully saturated rings. The summed E-state index contributed by atoms with van der Waals surface area (Å²) in [5.74, 6) is -2.56. The van der Waals surface area contributed by atoms with Gasteiger partial charge in [-0.3, -0.25) is 9.59 Å². The maximum absolute atomic E-state index is 13.5. The lowest BCUT2D eigenvalue weighted by Crippen LogP contribution is -2.63. The summed E-state index contributed by atoms with van der Waals surface area (Å²) in [4.78, 5) is 28.6. The van der Waals surface area contributed by atoms with Gasteiger partial charge in [-0.2, -0.15) is 0 Å². The number of nitrogens with zero attached hydrogens (tertiary/aromatic N) is 1. The maximum Gasteiger partial charge on any atom is 0.308 e. The highest BCUT2D eigenvalue weighted by atomic mass is 16.7. The van der Waals surface area contributed by atoms with Crippen molar-refractivity contribution in [1.82, 2.24) is 4.90 Å². The molecule has 0 saturated carbocycles. The molecule has 0 aliphatic carbocycles. The van der Waals surface area contributed by atoms with Gasteiger partial charge in [-0.1, -0.05) is 45.4 Å². The monoisotopic (exact) mass is 743 g/mol. The van der Waals surface area contributed by atoms with E-state index in [-0.39, 0.29) is 24.7 Å². The number of carbonyl (C=O) groups is 2. The number of methoxy groups -OCH3 is 2. The second-order valence-electron chi connectivity index (χ2n) is 15.2. The van der Waals surface area contributed by atoms with Crippen LogP contribution in [-0.2, 0) is 42.7 Å². The molecule has 17 atom stereocenters. The van der Waals surface area contributed by atoms with E-state index in [2.05, 4.69) is 0 Å². The number of aliphatic hydroxyl groups is 4. The number of hydrogen-bond acceptors (Lipinski definition) is 14. The molecule has 0 radical (unpaired) electrons. The highest BCUT2D eigenvalue weighted by Crippen LogP contribution is 2.33. The van der Waals surface area contributed by atoms with E-state index in [0.29, 0.717) is 12.8 Å². The van der Waals surface area contributed by atoms with Gasteiger partial charge in [0.15, 0.2) is 18.4 Å². The molecular weight excluding hydrogens is 678 g/mol. The highest BCUT2D eigenvalue weighted by Gasteiger charge is 2.47. The molecule has 3 aliphatic heterocycles. The van der Waals surface area contributed by atoms with Crippen LogP contribution in [-0.4, -0.2) is 152 Å². The molecule has 14 heteroatoms. The van der Waals surface area contributed by atoms with Crippen LogP contribution in [0.4, 0.5) is 0 Å². The number of cyclic esters (lactones) is 1. The minimum Gasteiger partial charge on any atom is -0.462 e. The molecule has 52 heavy (non-hydrogen) atoms. The molecule has 300 valence electrons. The number of likely N-dealkylation sites (N-methyl/N-ethyl adjacent to an activating group) is 1. The van der Waals surface area contributed by atoms with Crippen molar-refractivity contribution >= 4 is 11.8 Å². The lowest BCUT2D eigenvalue weighted by Gasteiger charge is -2.46. The van der Waals surface area contributed by atoms with E-state index in [1.807, 2.05) is 33.8 Å². The quantitative estimate of drug-likeness (QED) is 0.252. The highest BCUT2D eigenvalue weighted by molar-refractivity contribution is 5.91. The molecule has 0 amide bonds. The SMILES string of the molecule is CC[C@H]1OC(=O)C[C@@H](O)[C@H](C)[C@@H](OC2OC(C)C(O)C(N(C)C)C2O)[C@@H](C)C[C@@H](C)C(=O)/C=C/C(C)=C/[C@@H]1COC1OC(C)C(O)C(OC)C1OC. The Morgan fingerprint density at radius 1 is 0.846 bits per heavy atom. The van der Waals surface area contributed by atoms with Gasteiger partial charge in [-0.05, 0) is 59.7 Å². The van der Waals surface area contributed by atoms with Gasteiger partial charge < -0.3 is 58.5 Å². The minimum absolute atomic E-state index is 0.0439. The largest absolute Gasteiger partial charge is 0.462 e. The Balaban J connectivity index is 1.90. The van der Waals surface area contributed by atoms with Crippen LogP contribution in [0.2, 0.25) is 0 Å². The summed E-state index contributed by atoms with van der Waals surface area (Å²) >= 11 is 0. The van der Waals surface area contributed by atoms with Gasteiger partial charge in [0.1, 0.15) is 30.5 Å². The van der Waals surface area contributed by atoms with E-state index >= 15 is 0 Å². The Morgan fingerprint density at radius 2 is 1.46 bits per heavy atom. The fourth-order valence-electron chi connectivity index (χ4n) is 7.62. The molecule has 2 saturated heterocycles. The molecule has 3 aliphatic rings. The molecule has 0 aromatic heterocycles. The Hall–Kier alpha value is -1.82. The van der Waals surface area contributed by atoms with E-state index in [1.165, 1.54) is 20.3 Å². The molecule has 3 rings (SSSR count). The zero-order valence-corrected chi connectivity index (χ0v) is 32.8. The first-order chi connectivity index (χ1) is 24.4. The number of rotatable bonds is 9. The summed E-state index contributed by atoms with van der Waals surface area (Å²) in [6, 6.07) is -0.670. The number of aliphatic hydroxyl groups excluding tert-OH is 4. The number of hydrogen-bond donors (Lipinski definition) is 4. The molecular formula is C38H65NO13. The summed E-state index contributed by atoms with van der Waals surface area (Å²) in [5, 5.41) is 44.0. The maximum atomic E-state index is 13.5. The molecule has 0 aromatic rings. The summed E-state index contributed by atoms with van der Waals surface area (Å²) in [7, 11) is 6.46. The number of carbonyl (C=O) groups excluding carboxylic acids is 2. The summed E-state index contributed by atoms with van der Waals surface area (Å²) in [5.41, 5.74) is 0.750. The first-order valence-electron chi connectivity index (χ1n) is 18.6. The van der Waals surface area contributed by atoms with Crippen LogP contribution in [0.1, 0.15) is 67.7 Å². The molecule has 0 spiro atoms. The average molecular weight is 744 g/mol. The third-order valence-corrected chi connectivity index (χ3v) is 10.9. The Kier molecular flexibility index (Phi) is 17.3. The Labute approximate surface area is 309 Å². The van der Waals surface area contributed by atoms with Crippen molar-refractivity contribution in [2.75, 3.05) is 34.9 Å². The Morgan fingerprint density at radius 3 is 2.06 bits per heavy atom. The summed E-state index contributed by atoms with van der Waals surface area (Å²) in [6.07, 6.45) is -4.78. The van der Waals surface area contributed by atoms with Crippen LogP contribution in [0.5, 0.6) is 0 Å². The fourth-order valence-corrected chi connectivity index (χ4v) is 7.62. The van der Waals surface area contributed by atoms with Crippen LogP contribution in [0.3, 0.4) is 0 Å². The first kappa shape index (κ1) is 44.6. The number of ketones is 1. The topological polar surface area (TPSA) is 183 Å². The summed E-state index contributed by atoms with van der Waals surface area (Å²) < 4.78 is 41.7. The molecule has 4 N–H and O–H groups in total. The third-order valence-electron chi connectivity index (χ3n) is 10.9. The molecule has 0 aromatic carbocycles. The van der Waals surface area contributed by atoms with Gasteiger partial charge in [-0.25, -0.2) is 0 Å². The van der Waals surface area contributed by atoms with Gasteiger partial charge >= 0.3 is 5.97 Å². The zero-order valence-electron chi connectivity index (χ0n) is 32.8. The van der Waals surface area contributed by atoms with Crippen molar-refractivity contribution in [3.63, 3.8) is 0 Å². The van der Waals surface area contributed by atoms with Crippen molar-refractivity contribution in [2.24, 2.45) is 23.7 Å². The van der Waals surface area contributed by atoms with E-state index in [9.17, 15) is 30.0 Å². The lowest BCUT2D eigenvalue weighted by atomic mass is 9.82. The third kappa shape index (κ3) is 11.1. The number of ether oxygens (including phenoxy) is 7. The van der Waals surface area contributed by atoms with Gasteiger partial charge in [0.05, 0.1) is 49.6 Å². The molecule has 14 nitrogen and oxygen atoms in total. The fraction of sp³-hybridized carbons (Fsp3) is 0.842. The van der Waals surface area contributed by atoms with Crippen molar-refractivity contribution < 1.29 is 63.2 Å². The lowest BCUT2D eigenvalue weighted by molar-refractivity contribution is -0.304. The van der Waals surface area contributed by atoms with Crippen molar-refractivity contribution in [3.8, 4) is 0 Å². The van der Waals surface area contributed by atoms with Crippen molar-refractivity contribution in [2.45, 2.75) is 147 Å². The molecule has 3 heterocycles. The van der Waals surface area contributed by atoms with Crippen molar-refractivity contribution in [3.05, 3.63) is 23.8 Å². The number of esters is 1. The van der Waals surface area contributed by atoms with E-state index < -0.39 is 103 Å². The standard InChI is InChI=1S/C38H65NO13/c1-12-28-25(18-48-38-36(47-11)35(46-10)32(44)24(7)50-38)15-19(2)13-14-26(40)20(3)16-21(4)34(22(5)27(41)17-29(42)51-28)52-37-33(45)30(39(8)9)31(43)23(6)49-37/h13-15,20-25,27-28,30-38,41,43-45H,12,16-18H2,1-11H3/b14-13+,19-15+/t20-,21+,22+,23?,24?,25-,27-,28-,30?,31?,32?,33?,34+,35?,36?,37?,38?/m1/s1.